The van der Waals surface area contributed by atoms with E-state index in [-0.39, 0.29) is 17.2 Å². The number of benzene rings is 2. The molecule has 0 atom stereocenters. The van der Waals surface area contributed by atoms with Crippen LogP contribution in [0.3, 0.4) is 0 Å². The van der Waals surface area contributed by atoms with E-state index in [1.807, 2.05) is 0 Å². The molecule has 0 N–H and O–H groups in total. The summed E-state index contributed by atoms with van der Waals surface area (Å²) in [5.41, 5.74) is -0.779. The van der Waals surface area contributed by atoms with Gasteiger partial charge in [-0.2, -0.15) is 13.2 Å². The van der Waals surface area contributed by atoms with Crippen LogP contribution in [0.1, 0.15) is 11.1 Å². The maximum Gasteiger partial charge on any atom is 0.417 e. The molecule has 1 heterocycles. The second-order valence-corrected chi connectivity index (χ2v) is 7.22. The van der Waals surface area contributed by atoms with E-state index < -0.39 is 27.9 Å². The molecule has 1 fully saturated rings. The Kier molecular flexibility index (Phi) is 6.04. The highest BCUT2D eigenvalue weighted by Crippen LogP contribution is 2.41. The van der Waals surface area contributed by atoms with Crippen molar-refractivity contribution >= 4 is 46.3 Å². The average Bonchev–Trinajstić information content (AvgIpc) is 2.94. The third kappa shape index (κ3) is 4.49. The molecule has 1 saturated heterocycles. The summed E-state index contributed by atoms with van der Waals surface area (Å²) >= 11 is 6.24. The van der Waals surface area contributed by atoms with E-state index >= 15 is 0 Å². The Labute approximate surface area is 173 Å². The molecule has 0 aliphatic carbocycles. The van der Waals surface area contributed by atoms with Crippen molar-refractivity contribution in [2.45, 2.75) is 6.18 Å². The van der Waals surface area contributed by atoms with Crippen LogP contribution in [-0.4, -0.2) is 17.8 Å². The van der Waals surface area contributed by atoms with Gasteiger partial charge in [-0.3, -0.25) is 9.59 Å². The number of halogens is 4. The lowest BCUT2D eigenvalue weighted by atomic mass is 10.1. The van der Waals surface area contributed by atoms with Crippen molar-refractivity contribution in [1.82, 2.24) is 0 Å². The van der Waals surface area contributed by atoms with Gasteiger partial charge in [0.05, 0.1) is 21.2 Å². The lowest BCUT2D eigenvalue weighted by Gasteiger charge is -2.16. The van der Waals surface area contributed by atoms with Gasteiger partial charge in [-0.25, -0.2) is 4.90 Å². The minimum Gasteiger partial charge on any atom is -0.489 e. The molecule has 2 aromatic rings. The maximum atomic E-state index is 13.1. The Balaban J connectivity index is 1.96. The van der Waals surface area contributed by atoms with Gasteiger partial charge in [0.2, 0.25) is 0 Å². The molecule has 3 rings (SSSR count). The SMILES string of the molecule is C=CCOc1ccccc1/C=C1\SC(=O)N(c2ccc(Cl)c(C(F)(F)F)c2)C1=O. The number of imide groups is 1. The lowest BCUT2D eigenvalue weighted by molar-refractivity contribution is -0.137. The van der Waals surface area contributed by atoms with E-state index in [9.17, 15) is 22.8 Å². The summed E-state index contributed by atoms with van der Waals surface area (Å²) in [6.45, 7) is 3.81. The molecular weight excluding hydrogens is 427 g/mol. The fraction of sp³-hybridized carbons (Fsp3) is 0.100. The number of rotatable bonds is 5. The molecule has 1 aliphatic heterocycles. The molecule has 9 heteroatoms. The van der Waals surface area contributed by atoms with Gasteiger partial charge in [-0.05, 0) is 42.1 Å². The molecule has 0 aromatic heterocycles. The Morgan fingerprint density at radius 3 is 2.59 bits per heavy atom. The second kappa shape index (κ2) is 8.34. The summed E-state index contributed by atoms with van der Waals surface area (Å²) in [6.07, 6.45) is -1.69. The number of para-hydroxylation sites is 1. The Bertz CT molecular complexity index is 1020. The first-order chi connectivity index (χ1) is 13.7. The van der Waals surface area contributed by atoms with E-state index in [0.29, 0.717) is 34.0 Å². The van der Waals surface area contributed by atoms with Crippen LogP contribution in [0.4, 0.5) is 23.7 Å². The summed E-state index contributed by atoms with van der Waals surface area (Å²) in [5, 5.41) is -1.22. The van der Waals surface area contributed by atoms with Crippen molar-refractivity contribution in [2.75, 3.05) is 11.5 Å². The van der Waals surface area contributed by atoms with Crippen molar-refractivity contribution < 1.29 is 27.5 Å². The highest BCUT2D eigenvalue weighted by Gasteiger charge is 2.39. The van der Waals surface area contributed by atoms with Crippen molar-refractivity contribution in [2.24, 2.45) is 0 Å². The van der Waals surface area contributed by atoms with Gasteiger partial charge in [0.15, 0.2) is 0 Å². The molecule has 0 spiro atoms. The van der Waals surface area contributed by atoms with Crippen molar-refractivity contribution in [1.29, 1.82) is 0 Å². The minimum atomic E-state index is -4.72. The van der Waals surface area contributed by atoms with Gasteiger partial charge >= 0.3 is 6.18 Å². The van der Waals surface area contributed by atoms with E-state index in [0.717, 1.165) is 6.07 Å². The fourth-order valence-corrected chi connectivity index (χ4v) is 3.64. The van der Waals surface area contributed by atoms with Crippen molar-refractivity contribution in [3.8, 4) is 5.75 Å². The molecule has 0 saturated carbocycles. The Hall–Kier alpha value is -2.71. The van der Waals surface area contributed by atoms with Gasteiger partial charge < -0.3 is 4.74 Å². The van der Waals surface area contributed by atoms with E-state index in [4.69, 9.17) is 16.3 Å². The normalized spacial score (nSPS) is 15.9. The second-order valence-electron chi connectivity index (χ2n) is 5.82. The number of anilines is 1. The van der Waals surface area contributed by atoms with Gasteiger partial charge in [-0.1, -0.05) is 42.5 Å². The third-order valence-electron chi connectivity index (χ3n) is 3.87. The first-order valence-electron chi connectivity index (χ1n) is 8.20. The monoisotopic (exact) mass is 439 g/mol. The fourth-order valence-electron chi connectivity index (χ4n) is 2.58. The number of carbonyl (C=O) groups excluding carboxylic acids is 2. The summed E-state index contributed by atoms with van der Waals surface area (Å²) in [4.78, 5) is 25.8. The Morgan fingerprint density at radius 1 is 1.17 bits per heavy atom. The van der Waals surface area contributed by atoms with Gasteiger partial charge in [0, 0.05) is 5.56 Å². The summed E-state index contributed by atoms with van der Waals surface area (Å²) in [7, 11) is 0. The largest absolute Gasteiger partial charge is 0.489 e. The third-order valence-corrected chi connectivity index (χ3v) is 5.07. The standard InChI is InChI=1S/C20H13ClF3NO3S/c1-2-9-28-16-6-4-3-5-12(16)10-17-18(26)25(19(27)29-17)13-7-8-15(21)14(11-13)20(22,23)24/h2-8,10-11H,1,9H2/b17-10-. The number of thioether (sulfide) groups is 1. The highest BCUT2D eigenvalue weighted by molar-refractivity contribution is 8.19. The zero-order valence-corrected chi connectivity index (χ0v) is 16.3. The predicted octanol–water partition coefficient (Wildman–Crippen LogP) is 6.16. The van der Waals surface area contributed by atoms with Crippen LogP contribution in [0.5, 0.6) is 5.75 Å². The summed E-state index contributed by atoms with van der Waals surface area (Å²) in [5.74, 6) is -0.251. The maximum absolute atomic E-state index is 13.1. The van der Waals surface area contributed by atoms with Crippen LogP contribution in [0.25, 0.3) is 6.08 Å². The van der Waals surface area contributed by atoms with Crippen LogP contribution in [-0.2, 0) is 11.0 Å². The van der Waals surface area contributed by atoms with Crippen molar-refractivity contribution in [3.05, 3.63) is 76.2 Å². The highest BCUT2D eigenvalue weighted by atomic mass is 35.5. The van der Waals surface area contributed by atoms with Gasteiger partial charge in [0.1, 0.15) is 12.4 Å². The molecule has 4 nitrogen and oxygen atoms in total. The van der Waals surface area contributed by atoms with Crippen LogP contribution >= 0.6 is 23.4 Å². The number of amides is 2. The molecule has 2 aromatic carbocycles. The van der Waals surface area contributed by atoms with E-state index in [1.165, 1.54) is 12.1 Å². The van der Waals surface area contributed by atoms with Crippen LogP contribution in [0.2, 0.25) is 5.02 Å². The number of hydrogen-bond donors (Lipinski definition) is 0. The van der Waals surface area contributed by atoms with Crippen molar-refractivity contribution in [3.63, 3.8) is 0 Å². The molecule has 0 bridgehead atoms. The first kappa shape index (κ1) is 21.0. The zero-order chi connectivity index (χ0) is 21.2. The number of carbonyl (C=O) groups is 2. The number of hydrogen-bond acceptors (Lipinski definition) is 4. The lowest BCUT2D eigenvalue weighted by Crippen LogP contribution is -2.28. The molecule has 0 unspecified atom stereocenters. The van der Waals surface area contributed by atoms with Crippen LogP contribution in [0, 0.1) is 0 Å². The quantitative estimate of drug-likeness (QED) is 0.413. The van der Waals surface area contributed by atoms with Gasteiger partial charge in [-0.15, -0.1) is 0 Å². The molecule has 2 amide bonds. The zero-order valence-electron chi connectivity index (χ0n) is 14.7. The Morgan fingerprint density at radius 2 is 1.90 bits per heavy atom. The van der Waals surface area contributed by atoms with Crippen LogP contribution < -0.4 is 9.64 Å². The molecular formula is C20H13ClF3NO3S. The average molecular weight is 440 g/mol. The predicted molar refractivity (Wildman–Crippen MR) is 107 cm³/mol. The van der Waals surface area contributed by atoms with Crippen LogP contribution in [0.15, 0.2) is 60.0 Å². The smallest absolute Gasteiger partial charge is 0.417 e. The molecule has 29 heavy (non-hydrogen) atoms. The molecule has 1 aliphatic rings. The van der Waals surface area contributed by atoms with Gasteiger partial charge in [0.25, 0.3) is 11.1 Å². The molecule has 0 radical (unpaired) electrons. The molecule has 150 valence electrons. The van der Waals surface area contributed by atoms with E-state index in [1.54, 1.807) is 30.3 Å². The summed E-state index contributed by atoms with van der Waals surface area (Å²) in [6, 6.07) is 9.73. The number of ether oxygens (including phenoxy) is 1. The number of nitrogens with zero attached hydrogens (tertiary/aromatic N) is 1. The summed E-state index contributed by atoms with van der Waals surface area (Å²) < 4.78 is 44.8. The first-order valence-corrected chi connectivity index (χ1v) is 9.39. The van der Waals surface area contributed by atoms with E-state index in [2.05, 4.69) is 6.58 Å². The topological polar surface area (TPSA) is 46.6 Å². The number of alkyl halides is 3. The minimum absolute atomic E-state index is 0.0631.